The lowest BCUT2D eigenvalue weighted by Crippen LogP contribution is -2.30. The fourth-order valence-corrected chi connectivity index (χ4v) is 2.22. The van der Waals surface area contributed by atoms with Crippen molar-refractivity contribution in [1.29, 1.82) is 0 Å². The van der Waals surface area contributed by atoms with E-state index in [1.807, 2.05) is 0 Å². The average Bonchev–Trinajstić information content (AvgIpc) is 2.46. The molecule has 3 N–H and O–H groups in total. The zero-order valence-corrected chi connectivity index (χ0v) is 12.4. The van der Waals surface area contributed by atoms with Crippen LogP contribution >= 0.6 is 23.2 Å². The molecular formula is C14H12BCl2NO3. The number of nitrogens with one attached hydrogen (secondary N) is 1. The van der Waals surface area contributed by atoms with Gasteiger partial charge in [-0.3, -0.25) is 4.79 Å². The Morgan fingerprint density at radius 1 is 1.10 bits per heavy atom. The van der Waals surface area contributed by atoms with E-state index in [9.17, 15) is 4.79 Å². The molecule has 21 heavy (non-hydrogen) atoms. The topological polar surface area (TPSA) is 69.6 Å². The molecule has 0 heterocycles. The van der Waals surface area contributed by atoms with E-state index >= 15 is 0 Å². The zero-order chi connectivity index (χ0) is 15.4. The lowest BCUT2D eigenvalue weighted by Gasteiger charge is -2.08. The maximum absolute atomic E-state index is 12.0. The van der Waals surface area contributed by atoms with Gasteiger partial charge in [0.05, 0.1) is 0 Å². The molecule has 2 aromatic rings. The van der Waals surface area contributed by atoms with Crippen molar-refractivity contribution in [3.63, 3.8) is 0 Å². The number of benzene rings is 2. The van der Waals surface area contributed by atoms with E-state index in [4.69, 9.17) is 33.2 Å². The second kappa shape index (κ2) is 6.96. The Hall–Kier alpha value is -1.53. The van der Waals surface area contributed by atoms with Crippen LogP contribution in [0.2, 0.25) is 10.0 Å². The summed E-state index contributed by atoms with van der Waals surface area (Å²) in [5, 5.41) is 21.7. The largest absolute Gasteiger partial charge is 0.488 e. The summed E-state index contributed by atoms with van der Waals surface area (Å²) < 4.78 is 0. The van der Waals surface area contributed by atoms with E-state index in [2.05, 4.69) is 5.32 Å². The van der Waals surface area contributed by atoms with Gasteiger partial charge >= 0.3 is 7.12 Å². The highest BCUT2D eigenvalue weighted by Crippen LogP contribution is 2.20. The van der Waals surface area contributed by atoms with Gasteiger partial charge in [0.2, 0.25) is 0 Å². The van der Waals surface area contributed by atoms with Crippen LogP contribution in [0.4, 0.5) is 0 Å². The van der Waals surface area contributed by atoms with Crippen molar-refractivity contribution in [2.75, 3.05) is 0 Å². The van der Waals surface area contributed by atoms with Crippen molar-refractivity contribution in [2.45, 2.75) is 6.54 Å². The first-order valence-electron chi connectivity index (χ1n) is 6.15. The van der Waals surface area contributed by atoms with Crippen molar-refractivity contribution < 1.29 is 14.8 Å². The van der Waals surface area contributed by atoms with Crippen molar-refractivity contribution >= 4 is 41.7 Å². The molecule has 108 valence electrons. The first-order chi connectivity index (χ1) is 9.97. The monoisotopic (exact) mass is 323 g/mol. The van der Waals surface area contributed by atoms with Gasteiger partial charge in [-0.25, -0.2) is 0 Å². The lowest BCUT2D eigenvalue weighted by molar-refractivity contribution is 0.0951. The summed E-state index contributed by atoms with van der Waals surface area (Å²) in [6.45, 7) is 0.277. The van der Waals surface area contributed by atoms with Gasteiger partial charge < -0.3 is 15.4 Å². The van der Waals surface area contributed by atoms with E-state index in [1.54, 1.807) is 18.2 Å². The van der Waals surface area contributed by atoms with Crippen LogP contribution in [-0.2, 0) is 6.54 Å². The van der Waals surface area contributed by atoms with Crippen molar-refractivity contribution in [1.82, 2.24) is 5.32 Å². The van der Waals surface area contributed by atoms with E-state index < -0.39 is 7.12 Å². The first kappa shape index (κ1) is 15.9. The second-order valence-corrected chi connectivity index (χ2v) is 5.26. The highest BCUT2D eigenvalue weighted by molar-refractivity contribution is 6.58. The molecule has 0 atom stereocenters. The molecule has 0 radical (unpaired) electrons. The predicted molar refractivity (Wildman–Crippen MR) is 83.9 cm³/mol. The minimum atomic E-state index is -1.55. The quantitative estimate of drug-likeness (QED) is 0.749. The Morgan fingerprint density at radius 2 is 1.76 bits per heavy atom. The highest BCUT2D eigenvalue weighted by Gasteiger charge is 2.12. The molecule has 0 aliphatic heterocycles. The van der Waals surface area contributed by atoms with Crippen molar-refractivity contribution in [3.05, 3.63) is 63.6 Å². The Labute approximate surface area is 132 Å². The third-order valence-electron chi connectivity index (χ3n) is 2.93. The van der Waals surface area contributed by atoms with Gasteiger partial charge in [0, 0.05) is 22.2 Å². The number of carbonyl (C=O) groups is 1. The maximum Gasteiger partial charge on any atom is 0.488 e. The molecule has 0 spiro atoms. The van der Waals surface area contributed by atoms with E-state index in [0.29, 0.717) is 21.1 Å². The summed E-state index contributed by atoms with van der Waals surface area (Å²) in [5.74, 6) is -0.278. The zero-order valence-electron chi connectivity index (χ0n) is 10.9. The minimum absolute atomic E-state index is 0.277. The average molecular weight is 324 g/mol. The normalized spacial score (nSPS) is 10.3. The van der Waals surface area contributed by atoms with Gasteiger partial charge in [-0.05, 0) is 35.3 Å². The summed E-state index contributed by atoms with van der Waals surface area (Å²) in [4.78, 5) is 12.0. The molecule has 7 heteroatoms. The van der Waals surface area contributed by atoms with Gasteiger partial charge in [0.15, 0.2) is 0 Å². The summed E-state index contributed by atoms with van der Waals surface area (Å²) in [6.07, 6.45) is 0. The standard InChI is InChI=1S/C14H12BCl2NO3/c16-12-6-3-10(13(17)7-12)8-18-14(19)9-1-4-11(5-2-9)15(20)21/h1-7,20-21H,8H2,(H,18,19). The number of amides is 1. The van der Waals surface area contributed by atoms with Crippen molar-refractivity contribution in [3.8, 4) is 0 Å². The predicted octanol–water partition coefficient (Wildman–Crippen LogP) is 1.60. The van der Waals surface area contributed by atoms with Crippen LogP contribution in [0.15, 0.2) is 42.5 Å². The number of halogens is 2. The molecule has 0 aliphatic carbocycles. The van der Waals surface area contributed by atoms with E-state index in [1.165, 1.54) is 24.3 Å². The fourth-order valence-electron chi connectivity index (χ4n) is 1.75. The molecule has 4 nitrogen and oxygen atoms in total. The molecule has 0 bridgehead atoms. The second-order valence-electron chi connectivity index (χ2n) is 4.41. The smallest absolute Gasteiger partial charge is 0.423 e. The first-order valence-corrected chi connectivity index (χ1v) is 6.91. The SMILES string of the molecule is O=C(NCc1ccc(Cl)cc1Cl)c1ccc(B(O)O)cc1. The van der Waals surface area contributed by atoms with Crippen LogP contribution < -0.4 is 10.8 Å². The van der Waals surface area contributed by atoms with Crippen LogP contribution in [0.1, 0.15) is 15.9 Å². The Balaban J connectivity index is 2.01. The van der Waals surface area contributed by atoms with Crippen LogP contribution in [0.25, 0.3) is 0 Å². The summed E-state index contributed by atoms with van der Waals surface area (Å²) >= 11 is 11.8. The molecule has 2 aromatic carbocycles. The Bertz CT molecular complexity index is 647. The third kappa shape index (κ3) is 4.22. The number of carbonyl (C=O) groups excluding carboxylic acids is 1. The molecule has 0 saturated heterocycles. The number of rotatable bonds is 4. The van der Waals surface area contributed by atoms with Crippen LogP contribution in [-0.4, -0.2) is 23.1 Å². The molecule has 2 rings (SSSR count). The summed E-state index contributed by atoms with van der Waals surface area (Å²) in [6, 6.07) is 11.1. The molecule has 0 unspecified atom stereocenters. The molecule has 0 aromatic heterocycles. The molecule has 1 amide bonds. The van der Waals surface area contributed by atoms with Crippen LogP contribution in [0.3, 0.4) is 0 Å². The highest BCUT2D eigenvalue weighted by atomic mass is 35.5. The summed E-state index contributed by atoms with van der Waals surface area (Å²) in [5.41, 5.74) is 1.51. The van der Waals surface area contributed by atoms with Crippen LogP contribution in [0.5, 0.6) is 0 Å². The van der Waals surface area contributed by atoms with E-state index in [-0.39, 0.29) is 12.5 Å². The van der Waals surface area contributed by atoms with Gasteiger partial charge in [-0.15, -0.1) is 0 Å². The lowest BCUT2D eigenvalue weighted by atomic mass is 9.80. The van der Waals surface area contributed by atoms with Gasteiger partial charge in [-0.2, -0.15) is 0 Å². The Kier molecular flexibility index (Phi) is 5.25. The molecule has 0 aliphatic rings. The van der Waals surface area contributed by atoms with Gasteiger partial charge in [0.25, 0.3) is 5.91 Å². The van der Waals surface area contributed by atoms with Crippen LogP contribution in [0, 0.1) is 0 Å². The van der Waals surface area contributed by atoms with Gasteiger partial charge in [0.1, 0.15) is 0 Å². The van der Waals surface area contributed by atoms with E-state index in [0.717, 1.165) is 5.56 Å². The number of hydrogen-bond acceptors (Lipinski definition) is 3. The number of hydrogen-bond donors (Lipinski definition) is 3. The molecule has 0 saturated carbocycles. The van der Waals surface area contributed by atoms with Gasteiger partial charge in [-0.1, -0.05) is 41.4 Å². The fraction of sp³-hybridized carbons (Fsp3) is 0.0714. The third-order valence-corrected chi connectivity index (χ3v) is 3.51. The maximum atomic E-state index is 12.0. The molecule has 0 fully saturated rings. The minimum Gasteiger partial charge on any atom is -0.423 e. The Morgan fingerprint density at radius 3 is 2.33 bits per heavy atom. The molecular weight excluding hydrogens is 312 g/mol. The van der Waals surface area contributed by atoms with Crippen molar-refractivity contribution in [2.24, 2.45) is 0 Å². The summed E-state index contributed by atoms with van der Waals surface area (Å²) in [7, 11) is -1.55.